The van der Waals surface area contributed by atoms with Crippen LogP contribution in [0.25, 0.3) is 11.4 Å². The number of rotatable bonds is 12. The van der Waals surface area contributed by atoms with Crippen LogP contribution in [0.5, 0.6) is 5.75 Å². The summed E-state index contributed by atoms with van der Waals surface area (Å²) in [6.07, 6.45) is 11.0. The standard InChI is InChI=1S/C33H43ClN4O3/c1-4-7-27(16-19-39)37-30(5-2)29-22-35-31(20-32(29)41-28-14-17-38(18-15-28)23(3)40)33(25-8-6-9-25)36-21-24-10-12-26(34)13-11-24/h5,10-13,20,22,28,36,39H,4,6-9,14-19,21H2,1-3H3/b30-5-,37-27?. The van der Waals surface area contributed by atoms with E-state index in [0.29, 0.717) is 26.1 Å². The third-order valence-electron chi connectivity index (χ3n) is 7.76. The molecular formula is C33H43ClN4O3. The first-order valence-corrected chi connectivity index (χ1v) is 15.3. The molecule has 1 aromatic heterocycles. The number of pyridine rings is 1. The fourth-order valence-electron chi connectivity index (χ4n) is 5.23. The minimum Gasteiger partial charge on any atom is -0.489 e. The van der Waals surface area contributed by atoms with Crippen molar-refractivity contribution in [3.05, 3.63) is 70.0 Å². The molecule has 0 bridgehead atoms. The van der Waals surface area contributed by atoms with Crippen LogP contribution in [0.15, 0.2) is 53.2 Å². The number of halogens is 1. The van der Waals surface area contributed by atoms with Gasteiger partial charge in [-0.2, -0.15) is 0 Å². The first kappa shape index (κ1) is 30.8. The number of likely N-dealkylation sites (tertiary alicyclic amines) is 1. The van der Waals surface area contributed by atoms with Gasteiger partial charge in [0.2, 0.25) is 5.91 Å². The van der Waals surface area contributed by atoms with Crippen LogP contribution in [-0.2, 0) is 11.3 Å². The number of aliphatic imine (C=N–C) groups is 1. The summed E-state index contributed by atoms with van der Waals surface area (Å²) in [6, 6.07) is 9.94. The number of carbonyl (C=O) groups excluding carboxylic acids is 1. The van der Waals surface area contributed by atoms with E-state index < -0.39 is 0 Å². The molecular weight excluding hydrogens is 536 g/mol. The predicted octanol–water partition coefficient (Wildman–Crippen LogP) is 6.79. The van der Waals surface area contributed by atoms with E-state index in [1.165, 1.54) is 12.0 Å². The molecule has 1 saturated heterocycles. The van der Waals surface area contributed by atoms with Gasteiger partial charge in [0.1, 0.15) is 11.9 Å². The number of nitrogens with one attached hydrogen (secondary N) is 1. The normalized spacial score (nSPS) is 16.4. The number of carbonyl (C=O) groups is 1. The van der Waals surface area contributed by atoms with Gasteiger partial charge in [-0.25, -0.2) is 0 Å². The smallest absolute Gasteiger partial charge is 0.219 e. The Balaban J connectivity index is 1.67. The van der Waals surface area contributed by atoms with Crippen LogP contribution in [0, 0.1) is 0 Å². The second-order valence-corrected chi connectivity index (χ2v) is 11.2. The van der Waals surface area contributed by atoms with Crippen molar-refractivity contribution in [3.8, 4) is 5.75 Å². The molecule has 0 unspecified atom stereocenters. The summed E-state index contributed by atoms with van der Waals surface area (Å²) >= 11 is 6.09. The molecule has 2 heterocycles. The average molecular weight is 579 g/mol. The molecule has 1 aliphatic carbocycles. The summed E-state index contributed by atoms with van der Waals surface area (Å²) in [6.45, 7) is 7.84. The number of piperidine rings is 1. The summed E-state index contributed by atoms with van der Waals surface area (Å²) in [7, 11) is 0. The summed E-state index contributed by atoms with van der Waals surface area (Å²) in [5.41, 5.74) is 7.04. The Bertz CT molecular complexity index is 1260. The molecule has 4 rings (SSSR count). The number of aliphatic hydroxyl groups is 1. The van der Waals surface area contributed by atoms with Crippen LogP contribution in [0.3, 0.4) is 0 Å². The molecule has 2 fully saturated rings. The van der Waals surface area contributed by atoms with Crippen molar-refractivity contribution in [1.29, 1.82) is 0 Å². The zero-order chi connectivity index (χ0) is 29.2. The number of aliphatic hydroxyl groups excluding tert-OH is 1. The second kappa shape index (κ2) is 15.2. The molecule has 2 aromatic rings. The van der Waals surface area contributed by atoms with E-state index in [0.717, 1.165) is 83.2 Å². The third-order valence-corrected chi connectivity index (χ3v) is 8.02. The number of benzene rings is 1. The molecule has 0 spiro atoms. The number of amides is 1. The minimum absolute atomic E-state index is 0.00364. The van der Waals surface area contributed by atoms with Crippen molar-refractivity contribution in [3.63, 3.8) is 0 Å². The molecule has 7 nitrogen and oxygen atoms in total. The maximum Gasteiger partial charge on any atom is 0.219 e. The Kier molecular flexibility index (Phi) is 11.4. The van der Waals surface area contributed by atoms with Crippen LogP contribution in [0.1, 0.15) is 89.0 Å². The number of hydrogen-bond acceptors (Lipinski definition) is 6. The van der Waals surface area contributed by atoms with Gasteiger partial charge in [-0.3, -0.25) is 14.8 Å². The van der Waals surface area contributed by atoms with Gasteiger partial charge >= 0.3 is 0 Å². The predicted molar refractivity (Wildman–Crippen MR) is 167 cm³/mol. The van der Waals surface area contributed by atoms with Gasteiger partial charge in [-0.15, -0.1) is 0 Å². The highest BCUT2D eigenvalue weighted by Gasteiger charge is 2.25. The van der Waals surface area contributed by atoms with Gasteiger partial charge in [-0.05, 0) is 55.9 Å². The van der Waals surface area contributed by atoms with Crippen LogP contribution in [0.2, 0.25) is 5.02 Å². The van der Waals surface area contributed by atoms with E-state index in [-0.39, 0.29) is 18.6 Å². The number of aromatic nitrogens is 1. The zero-order valence-electron chi connectivity index (χ0n) is 24.6. The van der Waals surface area contributed by atoms with E-state index in [4.69, 9.17) is 26.3 Å². The highest BCUT2D eigenvalue weighted by atomic mass is 35.5. The van der Waals surface area contributed by atoms with Crippen molar-refractivity contribution in [2.75, 3.05) is 19.7 Å². The summed E-state index contributed by atoms with van der Waals surface area (Å²) in [5, 5.41) is 14.0. The van der Waals surface area contributed by atoms with Gasteiger partial charge < -0.3 is 20.1 Å². The fraction of sp³-hybridized carbons (Fsp3) is 0.485. The van der Waals surface area contributed by atoms with Crippen LogP contribution < -0.4 is 10.1 Å². The average Bonchev–Trinajstić information content (AvgIpc) is 2.94. The maximum atomic E-state index is 11.9. The van der Waals surface area contributed by atoms with Gasteiger partial charge in [-0.1, -0.05) is 43.2 Å². The Morgan fingerprint density at radius 1 is 1.22 bits per heavy atom. The molecule has 1 aliphatic heterocycles. The summed E-state index contributed by atoms with van der Waals surface area (Å²) in [4.78, 5) is 23.6. The minimum atomic E-state index is -0.00364. The largest absolute Gasteiger partial charge is 0.489 e. The van der Waals surface area contributed by atoms with E-state index in [1.807, 2.05) is 54.4 Å². The third kappa shape index (κ3) is 8.43. The van der Waals surface area contributed by atoms with Crippen molar-refractivity contribution in [2.45, 2.75) is 84.8 Å². The molecule has 1 saturated carbocycles. The SMILES string of the molecule is C/C=C(\N=C(CCC)CCO)c1cnc(C(NCc2ccc(Cl)cc2)=C2CCC2)cc1OC1CCN(C(C)=O)CC1. The molecule has 2 N–H and O–H groups in total. The lowest BCUT2D eigenvalue weighted by Gasteiger charge is -2.32. The van der Waals surface area contributed by atoms with Gasteiger partial charge in [0, 0.05) is 75.4 Å². The van der Waals surface area contributed by atoms with E-state index >= 15 is 0 Å². The van der Waals surface area contributed by atoms with Crippen molar-refractivity contribution in [1.82, 2.24) is 15.2 Å². The maximum absolute atomic E-state index is 11.9. The van der Waals surface area contributed by atoms with Gasteiger partial charge in [0.15, 0.2) is 0 Å². The number of ether oxygens (including phenoxy) is 1. The lowest BCUT2D eigenvalue weighted by Crippen LogP contribution is -2.40. The topological polar surface area (TPSA) is 87.1 Å². The van der Waals surface area contributed by atoms with Crippen molar-refractivity contribution < 1.29 is 14.6 Å². The first-order valence-electron chi connectivity index (χ1n) is 14.9. The lowest BCUT2D eigenvalue weighted by molar-refractivity contribution is -0.130. The first-order chi connectivity index (χ1) is 19.9. The van der Waals surface area contributed by atoms with Crippen molar-refractivity contribution >= 4 is 34.6 Å². The lowest BCUT2D eigenvalue weighted by atomic mass is 9.89. The quantitative estimate of drug-likeness (QED) is 0.271. The van der Waals surface area contributed by atoms with Crippen molar-refractivity contribution in [2.24, 2.45) is 4.99 Å². The number of hydrogen-bond donors (Lipinski definition) is 2. The number of nitrogens with zero attached hydrogens (tertiary/aromatic N) is 3. The molecule has 1 aromatic carbocycles. The molecule has 220 valence electrons. The molecule has 8 heteroatoms. The number of allylic oxidation sites excluding steroid dienone is 2. The monoisotopic (exact) mass is 578 g/mol. The van der Waals surface area contributed by atoms with E-state index in [1.54, 1.807) is 6.92 Å². The van der Waals surface area contributed by atoms with E-state index in [9.17, 15) is 9.90 Å². The molecule has 0 atom stereocenters. The zero-order valence-corrected chi connectivity index (χ0v) is 25.3. The molecule has 41 heavy (non-hydrogen) atoms. The van der Waals surface area contributed by atoms with Crippen LogP contribution in [-0.4, -0.2) is 52.4 Å². The Morgan fingerprint density at radius 2 is 1.95 bits per heavy atom. The highest BCUT2D eigenvalue weighted by Crippen LogP contribution is 2.36. The summed E-state index contributed by atoms with van der Waals surface area (Å²) < 4.78 is 6.69. The highest BCUT2D eigenvalue weighted by molar-refractivity contribution is 6.30. The summed E-state index contributed by atoms with van der Waals surface area (Å²) in [5.74, 6) is 0.857. The van der Waals surface area contributed by atoms with E-state index in [2.05, 4.69) is 12.2 Å². The van der Waals surface area contributed by atoms with Crippen LogP contribution >= 0.6 is 11.6 Å². The molecule has 2 aliphatic rings. The molecule has 1 amide bonds. The Hall–Kier alpha value is -3.16. The Labute approximate surface area is 249 Å². The van der Waals surface area contributed by atoms with Gasteiger partial charge in [0.25, 0.3) is 0 Å². The fourth-order valence-corrected chi connectivity index (χ4v) is 5.36. The molecule has 0 radical (unpaired) electrons. The van der Waals surface area contributed by atoms with Gasteiger partial charge in [0.05, 0.1) is 22.7 Å². The Morgan fingerprint density at radius 3 is 2.54 bits per heavy atom. The van der Waals surface area contributed by atoms with Crippen LogP contribution in [0.4, 0.5) is 0 Å². The second-order valence-electron chi connectivity index (χ2n) is 10.8.